The summed E-state index contributed by atoms with van der Waals surface area (Å²) in [6.45, 7) is 4.58. The fourth-order valence-corrected chi connectivity index (χ4v) is 1.39. The number of aliphatic carboxylic acids is 1. The zero-order chi connectivity index (χ0) is 14.5. The van der Waals surface area contributed by atoms with Crippen molar-refractivity contribution in [1.29, 1.82) is 0 Å². The summed E-state index contributed by atoms with van der Waals surface area (Å²) in [5.74, 6) is -0.377. The molecule has 0 heterocycles. The van der Waals surface area contributed by atoms with E-state index < -0.39 is 11.5 Å². The first-order chi connectivity index (χ1) is 8.81. The number of ether oxygens (including phenoxy) is 1. The van der Waals surface area contributed by atoms with Crippen molar-refractivity contribution in [3.8, 4) is 5.75 Å². The van der Waals surface area contributed by atoms with Gasteiger partial charge in [0.2, 0.25) is 0 Å². The molecule has 0 spiro atoms. The molecule has 0 bridgehead atoms. The van der Waals surface area contributed by atoms with Crippen LogP contribution in [0.2, 0.25) is 0 Å². The van der Waals surface area contributed by atoms with Gasteiger partial charge in [0.25, 0.3) is 0 Å². The Hall–Kier alpha value is -0.750. The van der Waals surface area contributed by atoms with Crippen molar-refractivity contribution >= 4 is 11.7 Å². The van der Waals surface area contributed by atoms with Crippen LogP contribution in [0.3, 0.4) is 0 Å². The van der Waals surface area contributed by atoms with Crippen LogP contribution in [0.1, 0.15) is 13.8 Å². The molecule has 0 aliphatic rings. The molecule has 0 saturated carbocycles. The number of nitrogens with one attached hydrogen (secondary N) is 1. The van der Waals surface area contributed by atoms with E-state index in [0.29, 0.717) is 12.3 Å². The minimum Gasteiger partial charge on any atom is -0.548 e. The molecular formula is C14H21N2NaO3. The van der Waals surface area contributed by atoms with Crippen LogP contribution >= 0.6 is 0 Å². The molecule has 0 saturated heterocycles. The minimum atomic E-state index is -1.14. The molecule has 0 aromatic heterocycles. The van der Waals surface area contributed by atoms with Crippen LogP contribution in [0.5, 0.6) is 5.75 Å². The van der Waals surface area contributed by atoms with Crippen LogP contribution in [0.4, 0.5) is 5.69 Å². The van der Waals surface area contributed by atoms with Gasteiger partial charge in [0.1, 0.15) is 12.4 Å². The third-order valence-corrected chi connectivity index (χ3v) is 2.63. The molecule has 0 fully saturated rings. The summed E-state index contributed by atoms with van der Waals surface area (Å²) in [5.41, 5.74) is -0.387. The van der Waals surface area contributed by atoms with Gasteiger partial charge in [0.15, 0.2) is 0 Å². The van der Waals surface area contributed by atoms with E-state index in [1.54, 1.807) is 26.0 Å². The number of rotatable bonds is 7. The van der Waals surface area contributed by atoms with Gasteiger partial charge < -0.3 is 24.9 Å². The Morgan fingerprint density at radius 1 is 1.30 bits per heavy atom. The second-order valence-corrected chi connectivity index (χ2v) is 5.21. The number of benzene rings is 1. The van der Waals surface area contributed by atoms with Crippen molar-refractivity contribution in [2.45, 2.75) is 19.4 Å². The summed E-state index contributed by atoms with van der Waals surface area (Å²) in [7, 11) is 3.97. The first-order valence-corrected chi connectivity index (χ1v) is 6.18. The van der Waals surface area contributed by atoms with E-state index in [-0.39, 0.29) is 29.6 Å². The number of carbonyl (C=O) groups is 1. The van der Waals surface area contributed by atoms with Crippen LogP contribution in [0.15, 0.2) is 24.3 Å². The van der Waals surface area contributed by atoms with Gasteiger partial charge >= 0.3 is 29.6 Å². The summed E-state index contributed by atoms with van der Waals surface area (Å²) in [4.78, 5) is 12.9. The normalized spacial score (nSPS) is 10.8. The van der Waals surface area contributed by atoms with E-state index in [9.17, 15) is 9.90 Å². The quantitative estimate of drug-likeness (QED) is 0.565. The monoisotopic (exact) mass is 288 g/mol. The van der Waals surface area contributed by atoms with Crippen LogP contribution in [-0.2, 0) is 4.79 Å². The van der Waals surface area contributed by atoms with Gasteiger partial charge in [-0.15, -0.1) is 0 Å². The van der Waals surface area contributed by atoms with Crippen molar-refractivity contribution in [1.82, 2.24) is 4.90 Å². The molecule has 0 radical (unpaired) electrons. The summed E-state index contributed by atoms with van der Waals surface area (Å²) in [6.07, 6.45) is 0. The van der Waals surface area contributed by atoms with Crippen molar-refractivity contribution < 1.29 is 44.2 Å². The van der Waals surface area contributed by atoms with E-state index in [0.717, 1.165) is 12.3 Å². The number of hydrogen-bond donors (Lipinski definition) is 1. The summed E-state index contributed by atoms with van der Waals surface area (Å²) in [5, 5.41) is 13.8. The minimum absolute atomic E-state index is 0. The van der Waals surface area contributed by atoms with Crippen molar-refractivity contribution in [3.05, 3.63) is 24.3 Å². The fraction of sp³-hybridized carbons (Fsp3) is 0.500. The number of carboxylic acids is 1. The molecule has 6 heteroatoms. The SMILES string of the molecule is CN(C)CCOc1ccc(NC(C)(C)C(=O)[O-])cc1.[Na+]. The van der Waals surface area contributed by atoms with Gasteiger partial charge in [-0.3, -0.25) is 0 Å². The Kier molecular flexibility index (Phi) is 8.20. The van der Waals surface area contributed by atoms with Crippen LogP contribution in [0.25, 0.3) is 0 Å². The van der Waals surface area contributed by atoms with Crippen LogP contribution in [-0.4, -0.2) is 43.7 Å². The average molecular weight is 288 g/mol. The molecule has 1 aromatic rings. The van der Waals surface area contributed by atoms with Gasteiger partial charge in [0.05, 0.1) is 11.5 Å². The molecule has 20 heavy (non-hydrogen) atoms. The van der Waals surface area contributed by atoms with Gasteiger partial charge in [-0.25, -0.2) is 0 Å². The standard InChI is InChI=1S/C14H22N2O3.Na/c1-14(2,13(17)18)15-11-5-7-12(8-6-11)19-10-9-16(3)4;/h5-8,15H,9-10H2,1-4H3,(H,17,18);/q;+1/p-1. The van der Waals surface area contributed by atoms with Crippen LogP contribution in [0, 0.1) is 0 Å². The molecule has 0 atom stereocenters. The van der Waals surface area contributed by atoms with Crippen LogP contribution < -0.4 is 44.7 Å². The maximum absolute atomic E-state index is 10.9. The molecule has 106 valence electrons. The third kappa shape index (κ3) is 6.61. The smallest absolute Gasteiger partial charge is 0.548 e. The molecule has 1 rings (SSSR count). The summed E-state index contributed by atoms with van der Waals surface area (Å²) < 4.78 is 5.55. The molecule has 0 aliphatic carbocycles. The predicted octanol–water partition coefficient (Wildman–Crippen LogP) is -2.43. The number of likely N-dealkylation sites (N-methyl/N-ethyl adjacent to an activating group) is 1. The predicted molar refractivity (Wildman–Crippen MR) is 73.2 cm³/mol. The first kappa shape index (κ1) is 19.2. The van der Waals surface area contributed by atoms with Gasteiger partial charge in [-0.1, -0.05) is 0 Å². The molecular weight excluding hydrogens is 267 g/mol. The summed E-state index contributed by atoms with van der Waals surface area (Å²) >= 11 is 0. The molecule has 1 N–H and O–H groups in total. The van der Waals surface area contributed by atoms with E-state index in [1.165, 1.54) is 0 Å². The fourth-order valence-electron chi connectivity index (χ4n) is 1.39. The van der Waals surface area contributed by atoms with Gasteiger partial charge in [-0.05, 0) is 52.2 Å². The van der Waals surface area contributed by atoms with Gasteiger partial charge in [0, 0.05) is 12.2 Å². The molecule has 0 unspecified atom stereocenters. The Morgan fingerprint density at radius 3 is 2.30 bits per heavy atom. The molecule has 5 nitrogen and oxygen atoms in total. The first-order valence-electron chi connectivity index (χ1n) is 6.18. The molecule has 0 aliphatic heterocycles. The topological polar surface area (TPSA) is 64.6 Å². The Balaban J connectivity index is 0.00000361. The maximum atomic E-state index is 10.9. The zero-order valence-electron chi connectivity index (χ0n) is 12.9. The van der Waals surface area contributed by atoms with Crippen molar-refractivity contribution in [2.24, 2.45) is 0 Å². The van der Waals surface area contributed by atoms with E-state index >= 15 is 0 Å². The maximum Gasteiger partial charge on any atom is 1.00 e. The number of carbonyl (C=O) groups excluding carboxylic acids is 1. The van der Waals surface area contributed by atoms with Gasteiger partial charge in [-0.2, -0.15) is 0 Å². The van der Waals surface area contributed by atoms with E-state index in [2.05, 4.69) is 5.32 Å². The van der Waals surface area contributed by atoms with Crippen molar-refractivity contribution in [2.75, 3.05) is 32.6 Å². The van der Waals surface area contributed by atoms with E-state index in [4.69, 9.17) is 4.74 Å². The average Bonchev–Trinajstić information content (AvgIpc) is 2.30. The largest absolute Gasteiger partial charge is 1.00 e. The summed E-state index contributed by atoms with van der Waals surface area (Å²) in [6, 6.07) is 7.19. The Bertz CT molecular complexity index is 419. The van der Waals surface area contributed by atoms with Crippen molar-refractivity contribution in [3.63, 3.8) is 0 Å². The Labute approximate surface area is 142 Å². The number of nitrogens with zero attached hydrogens (tertiary/aromatic N) is 1. The Morgan fingerprint density at radius 2 is 1.85 bits per heavy atom. The molecule has 1 aromatic carbocycles. The molecule has 0 amide bonds. The number of carboxylic acid groups (broad SMARTS) is 1. The second kappa shape index (κ2) is 8.52. The zero-order valence-corrected chi connectivity index (χ0v) is 14.9. The van der Waals surface area contributed by atoms with E-state index in [1.807, 2.05) is 31.1 Å². The number of anilines is 1. The third-order valence-electron chi connectivity index (χ3n) is 2.63. The number of hydrogen-bond acceptors (Lipinski definition) is 5. The second-order valence-electron chi connectivity index (χ2n) is 5.21.